The normalized spacial score (nSPS) is 26.5. The number of aliphatic imine (C=N–C) groups is 1. The smallest absolute Gasteiger partial charge is 0.193 e. The van der Waals surface area contributed by atoms with Crippen LogP contribution in [0.25, 0.3) is 0 Å². The van der Waals surface area contributed by atoms with E-state index in [-0.39, 0.29) is 0 Å². The molecule has 0 spiro atoms. The van der Waals surface area contributed by atoms with Gasteiger partial charge in [-0.2, -0.15) is 11.8 Å². The summed E-state index contributed by atoms with van der Waals surface area (Å²) in [5.41, 5.74) is 0. The third-order valence-corrected chi connectivity index (χ3v) is 5.81. The van der Waals surface area contributed by atoms with Crippen molar-refractivity contribution in [2.24, 2.45) is 4.99 Å². The molecule has 22 heavy (non-hydrogen) atoms. The van der Waals surface area contributed by atoms with Crippen molar-refractivity contribution < 1.29 is 4.74 Å². The number of nitrogens with one attached hydrogen (secondary N) is 1. The Labute approximate surface area is 139 Å². The van der Waals surface area contributed by atoms with Gasteiger partial charge in [-0.05, 0) is 33.2 Å². The van der Waals surface area contributed by atoms with Crippen molar-refractivity contribution in [3.05, 3.63) is 0 Å². The molecule has 0 aliphatic carbocycles. The molecule has 2 fully saturated rings. The van der Waals surface area contributed by atoms with Crippen molar-refractivity contribution in [3.63, 3.8) is 0 Å². The standard InChI is InChI=1S/C16H32N4OS/c1-16(2)13-20(9-11-22-16)15(17-3)18-12-14-6-5-7-19(14)8-10-21-4/h14H,5-13H2,1-4H3,(H,17,18). The zero-order valence-corrected chi connectivity index (χ0v) is 15.4. The molecule has 1 atom stereocenters. The summed E-state index contributed by atoms with van der Waals surface area (Å²) < 4.78 is 5.53. The van der Waals surface area contributed by atoms with E-state index in [0.717, 1.165) is 38.7 Å². The zero-order chi connectivity index (χ0) is 16.0. The van der Waals surface area contributed by atoms with Crippen LogP contribution in [0.15, 0.2) is 4.99 Å². The number of ether oxygens (including phenoxy) is 1. The van der Waals surface area contributed by atoms with E-state index in [0.29, 0.717) is 10.8 Å². The average Bonchev–Trinajstić information content (AvgIpc) is 2.92. The highest BCUT2D eigenvalue weighted by molar-refractivity contribution is 8.00. The molecule has 0 saturated carbocycles. The Bertz CT molecular complexity index is 375. The Hall–Kier alpha value is -0.460. The molecule has 2 heterocycles. The third-order valence-electron chi connectivity index (χ3n) is 4.51. The number of hydrogen-bond donors (Lipinski definition) is 1. The number of hydrogen-bond acceptors (Lipinski definition) is 4. The van der Waals surface area contributed by atoms with Gasteiger partial charge >= 0.3 is 0 Å². The van der Waals surface area contributed by atoms with E-state index >= 15 is 0 Å². The molecule has 128 valence electrons. The average molecular weight is 329 g/mol. The lowest BCUT2D eigenvalue weighted by molar-refractivity contribution is 0.141. The van der Waals surface area contributed by atoms with Crippen LogP contribution in [0, 0.1) is 0 Å². The van der Waals surface area contributed by atoms with E-state index in [1.807, 2.05) is 7.05 Å². The van der Waals surface area contributed by atoms with Gasteiger partial charge in [0.15, 0.2) is 5.96 Å². The maximum absolute atomic E-state index is 5.22. The summed E-state index contributed by atoms with van der Waals surface area (Å²) in [5, 5.41) is 3.61. The topological polar surface area (TPSA) is 40.1 Å². The second-order valence-corrected chi connectivity index (χ2v) is 8.58. The largest absolute Gasteiger partial charge is 0.383 e. The number of thioether (sulfide) groups is 1. The van der Waals surface area contributed by atoms with E-state index in [4.69, 9.17) is 4.74 Å². The Balaban J connectivity index is 1.83. The van der Waals surface area contributed by atoms with Crippen molar-refractivity contribution in [2.45, 2.75) is 37.5 Å². The molecule has 2 saturated heterocycles. The molecule has 0 bridgehead atoms. The molecule has 5 nitrogen and oxygen atoms in total. The Morgan fingerprint density at radius 1 is 1.41 bits per heavy atom. The second kappa shape index (κ2) is 8.41. The lowest BCUT2D eigenvalue weighted by atomic mass is 10.2. The first-order valence-corrected chi connectivity index (χ1v) is 9.37. The summed E-state index contributed by atoms with van der Waals surface area (Å²) in [6, 6.07) is 0.610. The van der Waals surface area contributed by atoms with Gasteiger partial charge in [-0.1, -0.05) is 0 Å². The van der Waals surface area contributed by atoms with E-state index in [1.54, 1.807) is 7.11 Å². The SMILES string of the molecule is CN=C(NCC1CCCN1CCOC)N1CCSC(C)(C)C1. The molecule has 2 aliphatic heterocycles. The van der Waals surface area contributed by atoms with Crippen molar-refractivity contribution in [1.29, 1.82) is 0 Å². The number of guanidine groups is 1. The van der Waals surface area contributed by atoms with Crippen molar-refractivity contribution in [2.75, 3.05) is 59.2 Å². The first-order chi connectivity index (χ1) is 10.6. The summed E-state index contributed by atoms with van der Waals surface area (Å²) in [6.07, 6.45) is 2.57. The number of rotatable bonds is 5. The molecule has 1 unspecified atom stereocenters. The highest BCUT2D eigenvalue weighted by Gasteiger charge is 2.29. The van der Waals surface area contributed by atoms with E-state index in [2.05, 4.69) is 45.7 Å². The molecule has 2 aliphatic rings. The summed E-state index contributed by atoms with van der Waals surface area (Å²) in [6.45, 7) is 10.8. The van der Waals surface area contributed by atoms with Gasteiger partial charge < -0.3 is 15.0 Å². The van der Waals surface area contributed by atoms with Crippen LogP contribution in [-0.2, 0) is 4.74 Å². The molecule has 1 N–H and O–H groups in total. The minimum Gasteiger partial charge on any atom is -0.383 e. The molecule has 0 aromatic heterocycles. The molecule has 0 radical (unpaired) electrons. The molecule has 0 aromatic carbocycles. The zero-order valence-electron chi connectivity index (χ0n) is 14.6. The molecular formula is C16H32N4OS. The van der Waals surface area contributed by atoms with Gasteiger partial charge in [-0.3, -0.25) is 9.89 Å². The van der Waals surface area contributed by atoms with Gasteiger partial charge in [0.25, 0.3) is 0 Å². The highest BCUT2D eigenvalue weighted by Crippen LogP contribution is 2.29. The monoisotopic (exact) mass is 328 g/mol. The maximum Gasteiger partial charge on any atom is 0.193 e. The molecule has 6 heteroatoms. The van der Waals surface area contributed by atoms with Crippen LogP contribution in [-0.4, -0.2) is 85.8 Å². The fraction of sp³-hybridized carbons (Fsp3) is 0.938. The van der Waals surface area contributed by atoms with Crippen LogP contribution in [0.3, 0.4) is 0 Å². The summed E-state index contributed by atoms with van der Waals surface area (Å²) >= 11 is 2.06. The van der Waals surface area contributed by atoms with Gasteiger partial charge in [0.05, 0.1) is 6.61 Å². The maximum atomic E-state index is 5.22. The minimum absolute atomic E-state index is 0.313. The van der Waals surface area contributed by atoms with Gasteiger partial charge in [0.1, 0.15) is 0 Å². The third kappa shape index (κ3) is 5.03. The van der Waals surface area contributed by atoms with E-state index < -0.39 is 0 Å². The van der Waals surface area contributed by atoms with Crippen LogP contribution in [0.1, 0.15) is 26.7 Å². The first-order valence-electron chi connectivity index (χ1n) is 8.38. The van der Waals surface area contributed by atoms with Gasteiger partial charge in [0, 0.05) is 56.9 Å². The summed E-state index contributed by atoms with van der Waals surface area (Å²) in [5.74, 6) is 2.24. The fourth-order valence-corrected chi connectivity index (χ4v) is 4.48. The molecular weight excluding hydrogens is 296 g/mol. The van der Waals surface area contributed by atoms with Crippen LogP contribution in [0.2, 0.25) is 0 Å². The highest BCUT2D eigenvalue weighted by atomic mass is 32.2. The van der Waals surface area contributed by atoms with Crippen LogP contribution in [0.4, 0.5) is 0 Å². The number of methoxy groups -OCH3 is 1. The molecule has 0 aromatic rings. The summed E-state index contributed by atoms with van der Waals surface area (Å²) in [4.78, 5) is 9.45. The number of likely N-dealkylation sites (tertiary alicyclic amines) is 1. The Morgan fingerprint density at radius 2 is 2.23 bits per heavy atom. The van der Waals surface area contributed by atoms with Crippen molar-refractivity contribution in [3.8, 4) is 0 Å². The Kier molecular flexibility index (Phi) is 6.84. The van der Waals surface area contributed by atoms with Gasteiger partial charge in [0.2, 0.25) is 0 Å². The van der Waals surface area contributed by atoms with Crippen LogP contribution < -0.4 is 5.32 Å². The lowest BCUT2D eigenvalue weighted by Crippen LogP contribution is -2.53. The van der Waals surface area contributed by atoms with E-state index in [9.17, 15) is 0 Å². The van der Waals surface area contributed by atoms with Gasteiger partial charge in [-0.25, -0.2) is 0 Å². The van der Waals surface area contributed by atoms with E-state index in [1.165, 1.54) is 25.1 Å². The van der Waals surface area contributed by atoms with Crippen molar-refractivity contribution in [1.82, 2.24) is 15.1 Å². The molecule has 2 rings (SSSR count). The second-order valence-electron chi connectivity index (χ2n) is 6.78. The lowest BCUT2D eigenvalue weighted by Gasteiger charge is -2.39. The number of nitrogens with zero attached hydrogens (tertiary/aromatic N) is 3. The van der Waals surface area contributed by atoms with Crippen molar-refractivity contribution >= 4 is 17.7 Å². The summed E-state index contributed by atoms with van der Waals surface area (Å²) in [7, 11) is 3.68. The quantitative estimate of drug-likeness (QED) is 0.612. The van der Waals surface area contributed by atoms with Gasteiger partial charge in [-0.15, -0.1) is 0 Å². The fourth-order valence-electron chi connectivity index (χ4n) is 3.37. The van der Waals surface area contributed by atoms with Crippen LogP contribution in [0.5, 0.6) is 0 Å². The predicted molar refractivity (Wildman–Crippen MR) is 95.9 cm³/mol. The molecule has 0 amide bonds. The first kappa shape index (κ1) is 17.9. The Morgan fingerprint density at radius 3 is 2.91 bits per heavy atom. The minimum atomic E-state index is 0.313. The van der Waals surface area contributed by atoms with Crippen LogP contribution >= 0.6 is 11.8 Å². The predicted octanol–water partition coefficient (Wildman–Crippen LogP) is 1.50.